The Balaban J connectivity index is 2.21. The van der Waals surface area contributed by atoms with E-state index in [1.54, 1.807) is 36.4 Å². The zero-order valence-electron chi connectivity index (χ0n) is 11.2. The zero-order valence-corrected chi connectivity index (χ0v) is 11.9. The van der Waals surface area contributed by atoms with Crippen molar-refractivity contribution < 1.29 is 0 Å². The molecule has 0 aliphatic heterocycles. The topological polar surface area (TPSA) is 75.6 Å². The van der Waals surface area contributed by atoms with Crippen LogP contribution in [0.2, 0.25) is 5.02 Å². The van der Waals surface area contributed by atoms with E-state index in [4.69, 9.17) is 11.6 Å². The maximum atomic E-state index is 12.3. The summed E-state index contributed by atoms with van der Waals surface area (Å²) in [6.07, 6.45) is 0. The lowest BCUT2D eigenvalue weighted by atomic mass is 10.1. The summed E-state index contributed by atoms with van der Waals surface area (Å²) in [5, 5.41) is 4.23. The van der Waals surface area contributed by atoms with Gasteiger partial charge in [0.2, 0.25) is 10.9 Å². The summed E-state index contributed by atoms with van der Waals surface area (Å²) < 4.78 is 0. The summed E-state index contributed by atoms with van der Waals surface area (Å²) in [4.78, 5) is 36.3. The van der Waals surface area contributed by atoms with Gasteiger partial charge < -0.3 is 0 Å². The molecule has 0 atom stereocenters. The van der Waals surface area contributed by atoms with E-state index in [2.05, 4.69) is 10.5 Å². The highest BCUT2D eigenvalue weighted by Crippen LogP contribution is 2.12. The minimum atomic E-state index is -0.912. The van der Waals surface area contributed by atoms with Crippen molar-refractivity contribution in [3.63, 3.8) is 0 Å². The molecule has 0 amide bonds. The Hall–Kier alpha value is -2.79. The molecular formula is C16H9ClN2O3. The van der Waals surface area contributed by atoms with Crippen LogP contribution in [0.25, 0.3) is 10.8 Å². The van der Waals surface area contributed by atoms with Gasteiger partial charge in [0.15, 0.2) is 5.36 Å². The second-order valence-corrected chi connectivity index (χ2v) is 5.05. The summed E-state index contributed by atoms with van der Waals surface area (Å²) in [6.45, 7) is 0. The number of hydrogen-bond acceptors (Lipinski definition) is 5. The van der Waals surface area contributed by atoms with Gasteiger partial charge in [-0.2, -0.15) is 5.10 Å². The van der Waals surface area contributed by atoms with Gasteiger partial charge in [0.1, 0.15) is 0 Å². The maximum Gasteiger partial charge on any atom is 0.257 e. The maximum absolute atomic E-state index is 12.3. The normalized spacial score (nSPS) is 11.8. The molecule has 1 N–H and O–H groups in total. The molecule has 22 heavy (non-hydrogen) atoms. The number of fused-ring (bicyclic) bond motifs is 1. The standard InChI is InChI=1S/C16H9ClN2O3/c17-9-5-7-10(8-6-9)18-19-13-14(20)11-3-1-2-4-12(11)15(21)16(13)22/h1-8,18H/b19-13-. The Morgan fingerprint density at radius 1 is 0.773 bits per heavy atom. The van der Waals surface area contributed by atoms with E-state index in [1.807, 2.05) is 0 Å². The molecule has 0 aliphatic carbocycles. The number of benzene rings is 3. The van der Waals surface area contributed by atoms with Gasteiger partial charge in [0, 0.05) is 15.8 Å². The lowest BCUT2D eigenvalue weighted by Crippen LogP contribution is -2.48. The molecule has 0 saturated heterocycles. The van der Waals surface area contributed by atoms with Crippen LogP contribution in [0.15, 0.2) is 68.0 Å². The predicted octanol–water partition coefficient (Wildman–Crippen LogP) is 1.38. The molecule has 0 unspecified atom stereocenters. The van der Waals surface area contributed by atoms with E-state index in [1.165, 1.54) is 12.1 Å². The molecule has 3 aromatic rings. The van der Waals surface area contributed by atoms with Crippen molar-refractivity contribution in [2.24, 2.45) is 5.10 Å². The first-order valence-electron chi connectivity index (χ1n) is 6.40. The second kappa shape index (κ2) is 5.54. The van der Waals surface area contributed by atoms with Crippen LogP contribution < -0.4 is 27.1 Å². The molecule has 5 nitrogen and oxygen atoms in total. The molecule has 6 heteroatoms. The number of rotatable bonds is 2. The molecule has 0 aliphatic rings. The van der Waals surface area contributed by atoms with Crippen LogP contribution in [0.5, 0.6) is 0 Å². The Labute approximate surface area is 128 Å². The van der Waals surface area contributed by atoms with Crippen molar-refractivity contribution in [1.82, 2.24) is 0 Å². The zero-order chi connectivity index (χ0) is 15.7. The van der Waals surface area contributed by atoms with Crippen LogP contribution in [-0.2, 0) is 0 Å². The average molecular weight is 313 g/mol. The van der Waals surface area contributed by atoms with E-state index in [-0.39, 0.29) is 10.8 Å². The van der Waals surface area contributed by atoms with Crippen molar-refractivity contribution in [1.29, 1.82) is 0 Å². The number of hydrogen-bond donors (Lipinski definition) is 1. The lowest BCUT2D eigenvalue weighted by Gasteiger charge is -1.99. The molecule has 0 heterocycles. The Morgan fingerprint density at radius 2 is 1.36 bits per heavy atom. The summed E-state index contributed by atoms with van der Waals surface area (Å²) >= 11 is 5.77. The molecule has 0 spiro atoms. The van der Waals surface area contributed by atoms with Crippen LogP contribution in [0.1, 0.15) is 0 Å². The van der Waals surface area contributed by atoms with Crippen LogP contribution in [0.3, 0.4) is 0 Å². The summed E-state index contributed by atoms with van der Waals surface area (Å²) in [5.74, 6) is 0. The molecule has 3 rings (SSSR count). The second-order valence-electron chi connectivity index (χ2n) is 4.61. The van der Waals surface area contributed by atoms with Crippen LogP contribution in [0, 0.1) is 0 Å². The number of nitrogens with one attached hydrogen (secondary N) is 1. The molecule has 3 aromatic carbocycles. The number of halogens is 1. The van der Waals surface area contributed by atoms with Crippen molar-refractivity contribution in [3.05, 3.63) is 89.6 Å². The van der Waals surface area contributed by atoms with Gasteiger partial charge in [-0.25, -0.2) is 0 Å². The quantitative estimate of drug-likeness (QED) is 0.573. The summed E-state index contributed by atoms with van der Waals surface area (Å²) in [6, 6.07) is 12.7. The fourth-order valence-corrected chi connectivity index (χ4v) is 2.21. The smallest absolute Gasteiger partial charge is 0.257 e. The molecule has 0 radical (unpaired) electrons. The van der Waals surface area contributed by atoms with E-state index in [9.17, 15) is 14.4 Å². The molecule has 0 fully saturated rings. The largest absolute Gasteiger partial charge is 0.287 e. The van der Waals surface area contributed by atoms with Crippen molar-refractivity contribution in [2.75, 3.05) is 5.43 Å². The van der Waals surface area contributed by atoms with Crippen molar-refractivity contribution >= 4 is 28.1 Å². The fourth-order valence-electron chi connectivity index (χ4n) is 2.09. The first-order valence-corrected chi connectivity index (χ1v) is 6.78. The lowest BCUT2D eigenvalue weighted by molar-refractivity contribution is 1.17. The van der Waals surface area contributed by atoms with Gasteiger partial charge in [-0.05, 0) is 24.3 Å². The van der Waals surface area contributed by atoms with Crippen LogP contribution in [-0.4, -0.2) is 0 Å². The molecule has 0 aromatic heterocycles. The molecule has 108 valence electrons. The molecule has 0 saturated carbocycles. The van der Waals surface area contributed by atoms with Gasteiger partial charge in [-0.3, -0.25) is 19.8 Å². The van der Waals surface area contributed by atoms with E-state index in [0.717, 1.165) is 0 Å². The third kappa shape index (κ3) is 2.42. The third-order valence-electron chi connectivity index (χ3n) is 3.19. The average Bonchev–Trinajstić information content (AvgIpc) is 2.54. The van der Waals surface area contributed by atoms with E-state index >= 15 is 0 Å². The van der Waals surface area contributed by atoms with Gasteiger partial charge >= 0.3 is 0 Å². The highest BCUT2D eigenvalue weighted by molar-refractivity contribution is 6.30. The number of nitrogens with zero attached hydrogens (tertiary/aromatic N) is 1. The van der Waals surface area contributed by atoms with Gasteiger partial charge in [0.25, 0.3) is 5.43 Å². The van der Waals surface area contributed by atoms with E-state index < -0.39 is 21.6 Å². The molecule has 0 bridgehead atoms. The minimum Gasteiger partial charge on any atom is -0.287 e. The SMILES string of the molecule is O=c1c(=O)c2ccccc2c(=O)/c1=N/Nc1ccc(Cl)cc1. The summed E-state index contributed by atoms with van der Waals surface area (Å²) in [5.41, 5.74) is 0.925. The first kappa shape index (κ1) is 14.2. The van der Waals surface area contributed by atoms with Crippen LogP contribution in [0.4, 0.5) is 5.69 Å². The highest BCUT2D eigenvalue weighted by Gasteiger charge is 2.10. The van der Waals surface area contributed by atoms with Crippen molar-refractivity contribution in [3.8, 4) is 0 Å². The third-order valence-corrected chi connectivity index (χ3v) is 3.45. The minimum absolute atomic E-state index is 0.114. The predicted molar refractivity (Wildman–Crippen MR) is 85.8 cm³/mol. The van der Waals surface area contributed by atoms with Crippen LogP contribution >= 0.6 is 11.6 Å². The van der Waals surface area contributed by atoms with Gasteiger partial charge in [-0.1, -0.05) is 35.9 Å². The summed E-state index contributed by atoms with van der Waals surface area (Å²) in [7, 11) is 0. The van der Waals surface area contributed by atoms with Crippen molar-refractivity contribution in [2.45, 2.75) is 0 Å². The van der Waals surface area contributed by atoms with Gasteiger partial charge in [-0.15, -0.1) is 0 Å². The van der Waals surface area contributed by atoms with E-state index in [0.29, 0.717) is 10.7 Å². The Morgan fingerprint density at radius 3 is 2.00 bits per heavy atom. The fraction of sp³-hybridized carbons (Fsp3) is 0. The highest BCUT2D eigenvalue weighted by atomic mass is 35.5. The monoisotopic (exact) mass is 312 g/mol. The Kier molecular flexibility index (Phi) is 3.56. The Bertz CT molecular complexity index is 1070. The number of anilines is 1. The van der Waals surface area contributed by atoms with Gasteiger partial charge in [0.05, 0.1) is 5.69 Å². The first-order chi connectivity index (χ1) is 10.6. The molecular weight excluding hydrogens is 304 g/mol.